The van der Waals surface area contributed by atoms with Gasteiger partial charge in [0, 0.05) is 5.41 Å². The van der Waals surface area contributed by atoms with Crippen molar-refractivity contribution in [3.05, 3.63) is 54.1 Å². The molecule has 1 saturated carbocycles. The highest BCUT2D eigenvalue weighted by Crippen LogP contribution is 2.59. The molecule has 15 heavy (non-hydrogen) atoms. The predicted molar refractivity (Wildman–Crippen MR) is 64.4 cm³/mol. The van der Waals surface area contributed by atoms with Gasteiger partial charge in [-0.25, -0.2) is 0 Å². The van der Waals surface area contributed by atoms with E-state index in [4.69, 9.17) is 0 Å². The lowest BCUT2D eigenvalue weighted by Gasteiger charge is -2.11. The van der Waals surface area contributed by atoms with Crippen LogP contribution in [0.3, 0.4) is 0 Å². The van der Waals surface area contributed by atoms with Crippen molar-refractivity contribution >= 4 is 6.08 Å². The SMILES string of the molecule is C1=C[C@@]2(/C=C/c3ccccc3)C[C@H]2CC1. The fourth-order valence-corrected chi connectivity index (χ4v) is 2.62. The Balaban J connectivity index is 1.79. The minimum absolute atomic E-state index is 0.439. The highest BCUT2D eigenvalue weighted by Gasteiger charge is 2.50. The molecule has 0 unspecified atom stereocenters. The van der Waals surface area contributed by atoms with Crippen LogP contribution in [0.1, 0.15) is 24.8 Å². The Hall–Kier alpha value is -1.30. The van der Waals surface area contributed by atoms with Crippen LogP contribution >= 0.6 is 0 Å². The lowest BCUT2D eigenvalue weighted by molar-refractivity contribution is 0.612. The molecule has 0 radical (unpaired) electrons. The van der Waals surface area contributed by atoms with Crippen LogP contribution in [0.4, 0.5) is 0 Å². The largest absolute Gasteiger partial charge is 0.0876 e. The van der Waals surface area contributed by atoms with Crippen LogP contribution in [0.5, 0.6) is 0 Å². The van der Waals surface area contributed by atoms with Gasteiger partial charge in [-0.1, -0.05) is 54.6 Å². The zero-order valence-corrected chi connectivity index (χ0v) is 8.89. The van der Waals surface area contributed by atoms with E-state index in [1.54, 1.807) is 0 Å². The van der Waals surface area contributed by atoms with Crippen LogP contribution < -0.4 is 0 Å². The Bertz CT molecular complexity index is 399. The molecule has 1 aromatic rings. The van der Waals surface area contributed by atoms with Crippen molar-refractivity contribution in [1.82, 2.24) is 0 Å². The minimum Gasteiger partial charge on any atom is -0.0876 e. The van der Waals surface area contributed by atoms with E-state index in [0.717, 1.165) is 5.92 Å². The molecule has 0 aliphatic heterocycles. The summed E-state index contributed by atoms with van der Waals surface area (Å²) in [5.41, 5.74) is 1.75. The smallest absolute Gasteiger partial charge is 0.00960 e. The number of benzene rings is 1. The monoisotopic (exact) mass is 196 g/mol. The van der Waals surface area contributed by atoms with Gasteiger partial charge in [-0.15, -0.1) is 0 Å². The number of allylic oxidation sites excluding steroid dienone is 3. The van der Waals surface area contributed by atoms with E-state index < -0.39 is 0 Å². The van der Waals surface area contributed by atoms with Crippen molar-refractivity contribution < 1.29 is 0 Å². The van der Waals surface area contributed by atoms with Gasteiger partial charge in [-0.05, 0) is 30.7 Å². The number of rotatable bonds is 2. The van der Waals surface area contributed by atoms with Crippen molar-refractivity contribution in [1.29, 1.82) is 0 Å². The Morgan fingerprint density at radius 3 is 2.87 bits per heavy atom. The summed E-state index contributed by atoms with van der Waals surface area (Å²) in [5, 5.41) is 0. The molecule has 2 atom stereocenters. The fraction of sp³-hybridized carbons (Fsp3) is 0.333. The van der Waals surface area contributed by atoms with Crippen molar-refractivity contribution in [2.45, 2.75) is 19.3 Å². The molecule has 1 fully saturated rings. The number of fused-ring (bicyclic) bond motifs is 1. The maximum atomic E-state index is 2.42. The molecule has 0 spiro atoms. The minimum atomic E-state index is 0.439. The number of hydrogen-bond donors (Lipinski definition) is 0. The Morgan fingerprint density at radius 2 is 2.07 bits per heavy atom. The first-order valence-electron chi connectivity index (χ1n) is 5.81. The maximum Gasteiger partial charge on any atom is 0.00960 e. The highest BCUT2D eigenvalue weighted by atomic mass is 14.5. The maximum absolute atomic E-state index is 2.42. The van der Waals surface area contributed by atoms with E-state index in [9.17, 15) is 0 Å². The van der Waals surface area contributed by atoms with Gasteiger partial charge in [0.05, 0.1) is 0 Å². The second-order valence-corrected chi connectivity index (χ2v) is 4.74. The second kappa shape index (κ2) is 3.37. The molecular weight excluding hydrogens is 180 g/mol. The molecule has 0 heterocycles. The van der Waals surface area contributed by atoms with E-state index in [-0.39, 0.29) is 0 Å². The summed E-state index contributed by atoms with van der Waals surface area (Å²) in [6, 6.07) is 10.6. The summed E-state index contributed by atoms with van der Waals surface area (Å²) < 4.78 is 0. The van der Waals surface area contributed by atoms with Crippen molar-refractivity contribution in [3.8, 4) is 0 Å². The summed E-state index contributed by atoms with van der Waals surface area (Å²) >= 11 is 0. The summed E-state index contributed by atoms with van der Waals surface area (Å²) in [7, 11) is 0. The van der Waals surface area contributed by atoms with Crippen molar-refractivity contribution in [2.24, 2.45) is 11.3 Å². The average molecular weight is 196 g/mol. The van der Waals surface area contributed by atoms with Crippen LogP contribution in [0.25, 0.3) is 6.08 Å². The Morgan fingerprint density at radius 1 is 1.20 bits per heavy atom. The van der Waals surface area contributed by atoms with Crippen LogP contribution in [-0.4, -0.2) is 0 Å². The molecule has 2 aliphatic carbocycles. The second-order valence-electron chi connectivity index (χ2n) is 4.74. The van der Waals surface area contributed by atoms with Gasteiger partial charge in [0.15, 0.2) is 0 Å². The summed E-state index contributed by atoms with van der Waals surface area (Å²) in [6.45, 7) is 0. The molecular formula is C15H16. The van der Waals surface area contributed by atoms with Gasteiger partial charge in [0.25, 0.3) is 0 Å². The van der Waals surface area contributed by atoms with Gasteiger partial charge in [-0.3, -0.25) is 0 Å². The van der Waals surface area contributed by atoms with Gasteiger partial charge in [0.1, 0.15) is 0 Å². The zero-order valence-electron chi connectivity index (χ0n) is 8.89. The Labute approximate surface area is 91.3 Å². The molecule has 0 nitrogen and oxygen atoms in total. The predicted octanol–water partition coefficient (Wildman–Crippen LogP) is 4.06. The van der Waals surface area contributed by atoms with Crippen molar-refractivity contribution in [3.63, 3.8) is 0 Å². The van der Waals surface area contributed by atoms with Crippen molar-refractivity contribution in [2.75, 3.05) is 0 Å². The van der Waals surface area contributed by atoms with E-state index in [2.05, 4.69) is 54.6 Å². The summed E-state index contributed by atoms with van der Waals surface area (Å²) in [5.74, 6) is 0.933. The first kappa shape index (κ1) is 8.96. The number of hydrogen-bond acceptors (Lipinski definition) is 0. The van der Waals surface area contributed by atoms with Crippen LogP contribution in [0.15, 0.2) is 48.6 Å². The third kappa shape index (κ3) is 1.65. The summed E-state index contributed by atoms with van der Waals surface area (Å²) in [4.78, 5) is 0. The molecule has 0 aromatic heterocycles. The van der Waals surface area contributed by atoms with Gasteiger partial charge in [0.2, 0.25) is 0 Å². The lowest BCUT2D eigenvalue weighted by Crippen LogP contribution is -1.99. The third-order valence-corrected chi connectivity index (χ3v) is 3.70. The average Bonchev–Trinajstić information content (AvgIpc) is 3.03. The van der Waals surface area contributed by atoms with Crippen LogP contribution in [0.2, 0.25) is 0 Å². The van der Waals surface area contributed by atoms with E-state index >= 15 is 0 Å². The molecule has 1 aromatic carbocycles. The normalized spacial score (nSPS) is 32.9. The molecule has 0 amide bonds. The van der Waals surface area contributed by atoms with E-state index in [0.29, 0.717) is 5.41 Å². The fourth-order valence-electron chi connectivity index (χ4n) is 2.62. The molecule has 0 bridgehead atoms. The third-order valence-electron chi connectivity index (χ3n) is 3.70. The molecule has 76 valence electrons. The molecule has 0 heteroatoms. The highest BCUT2D eigenvalue weighted by molar-refractivity contribution is 5.52. The zero-order chi connectivity index (χ0) is 10.1. The van der Waals surface area contributed by atoms with E-state index in [1.807, 2.05) is 0 Å². The van der Waals surface area contributed by atoms with Crippen LogP contribution in [0, 0.1) is 11.3 Å². The van der Waals surface area contributed by atoms with Gasteiger partial charge in [-0.2, -0.15) is 0 Å². The molecule has 3 rings (SSSR count). The van der Waals surface area contributed by atoms with E-state index in [1.165, 1.54) is 24.8 Å². The molecule has 0 saturated heterocycles. The topological polar surface area (TPSA) is 0 Å². The standard InChI is InChI=1S/C15H16/c1-2-6-13(7-3-1)9-11-15-10-5-4-8-14(15)12-15/h1-3,5-7,9-11,14H,4,8,12H2/b11-9+/t14-,15-/m1/s1. The first-order valence-corrected chi connectivity index (χ1v) is 5.81. The first-order chi connectivity index (χ1) is 7.39. The molecule has 2 aliphatic rings. The Kier molecular flexibility index (Phi) is 2.02. The molecule has 0 N–H and O–H groups in total. The summed E-state index contributed by atoms with van der Waals surface area (Å²) in [6.07, 6.45) is 13.5. The van der Waals surface area contributed by atoms with Gasteiger partial charge >= 0.3 is 0 Å². The quantitative estimate of drug-likeness (QED) is 0.626. The van der Waals surface area contributed by atoms with Crippen LogP contribution in [-0.2, 0) is 0 Å². The lowest BCUT2D eigenvalue weighted by atomic mass is 9.94. The van der Waals surface area contributed by atoms with Gasteiger partial charge < -0.3 is 0 Å².